The summed E-state index contributed by atoms with van der Waals surface area (Å²) in [5.74, 6) is -0.316. The fourth-order valence-electron chi connectivity index (χ4n) is 4.24. The van der Waals surface area contributed by atoms with Crippen molar-refractivity contribution in [2.75, 3.05) is 11.9 Å². The molecule has 2 atom stereocenters. The first-order valence-electron chi connectivity index (χ1n) is 12.8. The number of carbonyl (C=O) groups is 3. The summed E-state index contributed by atoms with van der Waals surface area (Å²) in [7, 11) is 0. The molecule has 0 bridgehead atoms. The first kappa shape index (κ1) is 29.6. The van der Waals surface area contributed by atoms with Crippen molar-refractivity contribution in [3.63, 3.8) is 0 Å². The van der Waals surface area contributed by atoms with E-state index in [0.717, 1.165) is 29.7 Å². The lowest BCUT2D eigenvalue weighted by atomic mass is 9.88. The third kappa shape index (κ3) is 7.21. The van der Waals surface area contributed by atoms with E-state index in [-0.39, 0.29) is 12.5 Å². The van der Waals surface area contributed by atoms with Crippen molar-refractivity contribution in [1.29, 1.82) is 0 Å². The Morgan fingerprint density at radius 2 is 1.93 bits per heavy atom. The molecule has 1 heterocycles. The smallest absolute Gasteiger partial charge is 0.341 e. The van der Waals surface area contributed by atoms with Crippen molar-refractivity contribution in [3.05, 3.63) is 79.6 Å². The van der Waals surface area contributed by atoms with Crippen LogP contribution < -0.4 is 15.5 Å². The maximum atomic E-state index is 13.0. The Bertz CT molecular complexity index is 1440. The molecule has 2 N–H and O–H groups in total. The summed E-state index contributed by atoms with van der Waals surface area (Å²) in [6.07, 6.45) is 3.21. The average molecular weight is 603 g/mol. The lowest BCUT2D eigenvalue weighted by molar-refractivity contribution is -0.127. The van der Waals surface area contributed by atoms with Crippen LogP contribution >= 0.6 is 34.5 Å². The van der Waals surface area contributed by atoms with E-state index in [1.807, 2.05) is 0 Å². The molecule has 0 spiro atoms. The molecule has 0 unspecified atom stereocenters. The minimum atomic E-state index is -0.857. The third-order valence-electron chi connectivity index (χ3n) is 6.36. The minimum Gasteiger partial charge on any atom is -0.481 e. The van der Waals surface area contributed by atoms with Crippen molar-refractivity contribution in [1.82, 2.24) is 5.43 Å². The van der Waals surface area contributed by atoms with E-state index in [4.69, 9.17) is 32.7 Å². The van der Waals surface area contributed by atoms with Gasteiger partial charge in [-0.3, -0.25) is 9.59 Å². The molecule has 4 rings (SSSR count). The van der Waals surface area contributed by atoms with Gasteiger partial charge < -0.3 is 14.8 Å². The standard InChI is InChI=1S/C29H29Cl2N3O5S/c1-4-38-29(37)25-22-12-5-16(2)13-24(22)40-28(25)33-27(36)18-7-10-21(11-8-18)39-17(3)26(35)34-32-15-19-6-9-20(30)14-23(19)31/h6-11,14-17H,4-5,12-13H2,1-3H3,(H,33,36)(H,34,35)/b32-15-/t16-,17+/m0/s1. The fourth-order valence-corrected chi connectivity index (χ4v) is 6.09. The van der Waals surface area contributed by atoms with Crippen molar-refractivity contribution in [3.8, 4) is 5.75 Å². The average Bonchev–Trinajstić information content (AvgIpc) is 3.27. The number of halogens is 2. The Labute approximate surface area is 246 Å². The summed E-state index contributed by atoms with van der Waals surface area (Å²) in [6.45, 7) is 5.78. The number of fused-ring (bicyclic) bond motifs is 1. The second-order valence-corrected chi connectivity index (χ2v) is 11.4. The van der Waals surface area contributed by atoms with E-state index in [1.54, 1.807) is 56.3 Å². The number of esters is 1. The summed E-state index contributed by atoms with van der Waals surface area (Å²) in [6, 6.07) is 11.3. The van der Waals surface area contributed by atoms with E-state index < -0.39 is 18.0 Å². The number of hydrogen-bond acceptors (Lipinski definition) is 7. The Kier molecular flexibility index (Phi) is 9.84. The number of anilines is 1. The number of hydrazone groups is 1. The van der Waals surface area contributed by atoms with Crippen molar-refractivity contribution in [2.45, 2.75) is 46.1 Å². The van der Waals surface area contributed by atoms with Gasteiger partial charge in [0, 0.05) is 21.0 Å². The van der Waals surface area contributed by atoms with Crippen molar-refractivity contribution < 1.29 is 23.9 Å². The number of thiophene rings is 1. The van der Waals surface area contributed by atoms with E-state index in [9.17, 15) is 14.4 Å². The topological polar surface area (TPSA) is 106 Å². The summed E-state index contributed by atoms with van der Waals surface area (Å²) >= 11 is 13.4. The second-order valence-electron chi connectivity index (χ2n) is 9.42. The number of nitrogens with zero attached hydrogens (tertiary/aromatic N) is 1. The quantitative estimate of drug-likeness (QED) is 0.165. The van der Waals surface area contributed by atoms with E-state index >= 15 is 0 Å². The number of amides is 2. The van der Waals surface area contributed by atoms with Gasteiger partial charge in [0.1, 0.15) is 10.8 Å². The monoisotopic (exact) mass is 601 g/mol. The molecular weight excluding hydrogens is 573 g/mol. The molecule has 2 aromatic carbocycles. The highest BCUT2D eigenvalue weighted by atomic mass is 35.5. The molecular formula is C29H29Cl2N3O5S. The highest BCUT2D eigenvalue weighted by Gasteiger charge is 2.29. The first-order valence-corrected chi connectivity index (χ1v) is 14.4. The van der Waals surface area contributed by atoms with Gasteiger partial charge in [-0.05, 0) is 81.0 Å². The number of benzene rings is 2. The lowest BCUT2D eigenvalue weighted by Crippen LogP contribution is -2.33. The number of ether oxygens (including phenoxy) is 2. The first-order chi connectivity index (χ1) is 19.2. The molecule has 0 saturated carbocycles. The van der Waals surface area contributed by atoms with E-state index in [2.05, 4.69) is 22.8 Å². The van der Waals surface area contributed by atoms with Gasteiger partial charge in [-0.2, -0.15) is 5.10 Å². The van der Waals surface area contributed by atoms with Crippen LogP contribution in [0.15, 0.2) is 47.6 Å². The highest BCUT2D eigenvalue weighted by Crippen LogP contribution is 2.40. The fraction of sp³-hybridized carbons (Fsp3) is 0.310. The molecule has 2 amide bonds. The third-order valence-corrected chi connectivity index (χ3v) is 8.09. The van der Waals surface area contributed by atoms with Gasteiger partial charge in [0.15, 0.2) is 6.10 Å². The summed E-state index contributed by atoms with van der Waals surface area (Å²) in [4.78, 5) is 39.3. The number of nitrogens with one attached hydrogen (secondary N) is 2. The summed E-state index contributed by atoms with van der Waals surface area (Å²) in [5, 5.41) is 8.23. The van der Waals surface area contributed by atoms with Crippen LogP contribution in [0.25, 0.3) is 0 Å². The normalized spacial score (nSPS) is 15.3. The number of rotatable bonds is 9. The Morgan fingerprint density at radius 3 is 2.62 bits per heavy atom. The predicted octanol–water partition coefficient (Wildman–Crippen LogP) is 6.53. The number of carbonyl (C=O) groups excluding carboxylic acids is 3. The molecule has 3 aromatic rings. The van der Waals surface area contributed by atoms with E-state index in [0.29, 0.717) is 43.4 Å². The molecule has 1 aromatic heterocycles. The Balaban J connectivity index is 1.37. The Morgan fingerprint density at radius 1 is 1.18 bits per heavy atom. The summed E-state index contributed by atoms with van der Waals surface area (Å²) in [5.41, 5.74) is 4.83. The van der Waals surface area contributed by atoms with Crippen LogP contribution in [0, 0.1) is 5.92 Å². The van der Waals surface area contributed by atoms with Crippen molar-refractivity contribution >= 4 is 63.5 Å². The zero-order valence-corrected chi connectivity index (χ0v) is 24.6. The van der Waals surface area contributed by atoms with Gasteiger partial charge >= 0.3 is 5.97 Å². The van der Waals surface area contributed by atoms with Gasteiger partial charge in [-0.1, -0.05) is 36.2 Å². The summed E-state index contributed by atoms with van der Waals surface area (Å²) < 4.78 is 11.0. The highest BCUT2D eigenvalue weighted by molar-refractivity contribution is 7.17. The molecule has 0 radical (unpaired) electrons. The van der Waals surface area contributed by atoms with Crippen LogP contribution in [0.5, 0.6) is 5.75 Å². The molecule has 0 fully saturated rings. The predicted molar refractivity (Wildman–Crippen MR) is 158 cm³/mol. The van der Waals surface area contributed by atoms with Crippen LogP contribution in [0.3, 0.4) is 0 Å². The maximum absolute atomic E-state index is 13.0. The molecule has 0 saturated heterocycles. The van der Waals surface area contributed by atoms with Crippen LogP contribution in [-0.2, 0) is 22.4 Å². The molecule has 1 aliphatic rings. The van der Waals surface area contributed by atoms with Gasteiger partial charge in [-0.25, -0.2) is 10.2 Å². The van der Waals surface area contributed by atoms with Gasteiger partial charge in [-0.15, -0.1) is 11.3 Å². The molecule has 0 aliphatic heterocycles. The largest absolute Gasteiger partial charge is 0.481 e. The number of hydrogen-bond donors (Lipinski definition) is 2. The van der Waals surface area contributed by atoms with Gasteiger partial charge in [0.05, 0.1) is 23.4 Å². The second kappa shape index (κ2) is 13.3. The molecule has 210 valence electrons. The van der Waals surface area contributed by atoms with Crippen LogP contribution in [-0.4, -0.2) is 36.7 Å². The Hall–Kier alpha value is -3.40. The SMILES string of the molecule is CCOC(=O)c1c(NC(=O)c2ccc(O[C@H](C)C(=O)N/N=C\c3ccc(Cl)cc3Cl)cc2)sc2c1CC[C@H](C)C2. The lowest BCUT2D eigenvalue weighted by Gasteiger charge is -2.18. The van der Waals surface area contributed by atoms with Crippen LogP contribution in [0.2, 0.25) is 10.0 Å². The minimum absolute atomic E-state index is 0.258. The van der Waals surface area contributed by atoms with Gasteiger partial charge in [0.2, 0.25) is 0 Å². The maximum Gasteiger partial charge on any atom is 0.341 e. The molecule has 1 aliphatic carbocycles. The van der Waals surface area contributed by atoms with Crippen LogP contribution in [0.4, 0.5) is 5.00 Å². The van der Waals surface area contributed by atoms with E-state index in [1.165, 1.54) is 17.6 Å². The molecule has 11 heteroatoms. The zero-order chi connectivity index (χ0) is 28.8. The van der Waals surface area contributed by atoms with Gasteiger partial charge in [0.25, 0.3) is 11.8 Å². The molecule has 40 heavy (non-hydrogen) atoms. The van der Waals surface area contributed by atoms with Crippen LogP contribution in [0.1, 0.15) is 63.9 Å². The van der Waals surface area contributed by atoms with Crippen molar-refractivity contribution in [2.24, 2.45) is 11.0 Å². The molecule has 8 nitrogen and oxygen atoms in total. The zero-order valence-electron chi connectivity index (χ0n) is 22.3.